The van der Waals surface area contributed by atoms with Gasteiger partial charge in [-0.2, -0.15) is 0 Å². The number of urea groups is 1. The highest BCUT2D eigenvalue weighted by atomic mass is 16.5. The lowest BCUT2D eigenvalue weighted by molar-refractivity contribution is 0.0587. The van der Waals surface area contributed by atoms with Crippen molar-refractivity contribution in [3.8, 4) is 0 Å². The minimum Gasteiger partial charge on any atom is -0.388 e. The Bertz CT molecular complexity index is 484. The number of anilines is 2. The molecule has 0 unspecified atom stereocenters. The molecule has 22 heavy (non-hydrogen) atoms. The molecule has 0 aromatic carbocycles. The molecule has 3 N–H and O–H groups in total. The number of carbonyl (C=O) groups excluding carboxylic acids is 1. The molecule has 0 bridgehead atoms. The Morgan fingerprint density at radius 3 is 2.77 bits per heavy atom. The van der Waals surface area contributed by atoms with Gasteiger partial charge in [0.05, 0.1) is 30.7 Å². The van der Waals surface area contributed by atoms with E-state index < -0.39 is 5.60 Å². The first-order chi connectivity index (χ1) is 10.5. The van der Waals surface area contributed by atoms with Crippen molar-refractivity contribution in [2.24, 2.45) is 0 Å². The highest BCUT2D eigenvalue weighted by Crippen LogP contribution is 2.15. The average molecular weight is 308 g/mol. The van der Waals surface area contributed by atoms with Crippen LogP contribution in [0.1, 0.15) is 20.3 Å². The number of pyridine rings is 1. The third-order valence-electron chi connectivity index (χ3n) is 3.73. The molecule has 1 fully saturated rings. The van der Waals surface area contributed by atoms with E-state index in [0.717, 1.165) is 18.9 Å². The zero-order chi connectivity index (χ0) is 16.0. The van der Waals surface area contributed by atoms with Crippen molar-refractivity contribution in [3.05, 3.63) is 18.3 Å². The van der Waals surface area contributed by atoms with Gasteiger partial charge in [-0.05, 0) is 25.5 Å². The molecule has 2 amide bonds. The standard InChI is InChI=1S/C15H24N4O3/c1-3-15(2,21)11-17-14(20)18-12-4-5-13(16-10-12)19-6-8-22-9-7-19/h4-5,10,21H,3,6-9,11H2,1-2H3,(H2,17,18,20)/t15-/m1/s1. The number of hydrogen-bond donors (Lipinski definition) is 3. The van der Waals surface area contributed by atoms with Gasteiger partial charge >= 0.3 is 6.03 Å². The van der Waals surface area contributed by atoms with Crippen LogP contribution in [0, 0.1) is 0 Å². The fourth-order valence-corrected chi connectivity index (χ4v) is 2.01. The number of ether oxygens (including phenoxy) is 1. The van der Waals surface area contributed by atoms with E-state index in [-0.39, 0.29) is 12.6 Å². The molecule has 1 aliphatic heterocycles. The number of morpholine rings is 1. The van der Waals surface area contributed by atoms with Gasteiger partial charge in [0.25, 0.3) is 0 Å². The number of hydrogen-bond acceptors (Lipinski definition) is 5. The molecule has 2 rings (SSSR count). The number of aliphatic hydroxyl groups is 1. The van der Waals surface area contributed by atoms with E-state index in [0.29, 0.717) is 25.3 Å². The molecular weight excluding hydrogens is 284 g/mol. The summed E-state index contributed by atoms with van der Waals surface area (Å²) in [6.45, 7) is 6.83. The van der Waals surface area contributed by atoms with E-state index in [1.807, 2.05) is 19.1 Å². The fourth-order valence-electron chi connectivity index (χ4n) is 2.01. The Morgan fingerprint density at radius 1 is 1.45 bits per heavy atom. The Kier molecular flexibility index (Phi) is 5.57. The van der Waals surface area contributed by atoms with Crippen LogP contribution < -0.4 is 15.5 Å². The summed E-state index contributed by atoms with van der Waals surface area (Å²) in [6, 6.07) is 3.34. The van der Waals surface area contributed by atoms with E-state index in [1.54, 1.807) is 13.1 Å². The fraction of sp³-hybridized carbons (Fsp3) is 0.600. The lowest BCUT2D eigenvalue weighted by Gasteiger charge is -2.27. The van der Waals surface area contributed by atoms with Gasteiger partial charge < -0.3 is 25.4 Å². The smallest absolute Gasteiger partial charge is 0.319 e. The van der Waals surface area contributed by atoms with E-state index in [1.165, 1.54) is 0 Å². The van der Waals surface area contributed by atoms with Gasteiger partial charge in [0, 0.05) is 19.6 Å². The largest absolute Gasteiger partial charge is 0.388 e. The van der Waals surface area contributed by atoms with Crippen molar-refractivity contribution < 1.29 is 14.6 Å². The minimum absolute atomic E-state index is 0.203. The zero-order valence-electron chi connectivity index (χ0n) is 13.1. The summed E-state index contributed by atoms with van der Waals surface area (Å²) in [5, 5.41) is 15.2. The van der Waals surface area contributed by atoms with Crippen molar-refractivity contribution in [1.29, 1.82) is 0 Å². The summed E-state index contributed by atoms with van der Waals surface area (Å²) >= 11 is 0. The lowest BCUT2D eigenvalue weighted by Crippen LogP contribution is -2.41. The lowest BCUT2D eigenvalue weighted by atomic mass is 10.0. The van der Waals surface area contributed by atoms with Gasteiger partial charge in [0.1, 0.15) is 5.82 Å². The van der Waals surface area contributed by atoms with E-state index in [9.17, 15) is 9.90 Å². The molecule has 2 heterocycles. The summed E-state index contributed by atoms with van der Waals surface area (Å²) in [4.78, 5) is 18.3. The quantitative estimate of drug-likeness (QED) is 0.761. The molecule has 122 valence electrons. The van der Waals surface area contributed by atoms with Gasteiger partial charge in [-0.1, -0.05) is 6.92 Å². The summed E-state index contributed by atoms with van der Waals surface area (Å²) < 4.78 is 5.31. The van der Waals surface area contributed by atoms with Crippen LogP contribution in [-0.2, 0) is 4.74 Å². The molecule has 7 nitrogen and oxygen atoms in total. The predicted octanol–water partition coefficient (Wildman–Crippen LogP) is 1.20. The second kappa shape index (κ2) is 7.42. The van der Waals surface area contributed by atoms with Crippen molar-refractivity contribution in [3.63, 3.8) is 0 Å². The Hall–Kier alpha value is -1.86. The SMILES string of the molecule is CC[C@@](C)(O)CNC(=O)Nc1ccc(N2CCOCC2)nc1. The molecule has 0 saturated carbocycles. The average Bonchev–Trinajstić information content (AvgIpc) is 2.55. The maximum atomic E-state index is 11.8. The van der Waals surface area contributed by atoms with Crippen LogP contribution in [0.15, 0.2) is 18.3 Å². The Labute approximate surface area is 130 Å². The second-order valence-electron chi connectivity index (χ2n) is 5.66. The van der Waals surface area contributed by atoms with Crippen molar-refractivity contribution >= 4 is 17.5 Å². The summed E-state index contributed by atoms with van der Waals surface area (Å²) in [5.74, 6) is 0.878. The van der Waals surface area contributed by atoms with Gasteiger partial charge in [0.2, 0.25) is 0 Å². The van der Waals surface area contributed by atoms with Crippen molar-refractivity contribution in [2.75, 3.05) is 43.1 Å². The maximum absolute atomic E-state index is 11.8. The number of nitrogens with one attached hydrogen (secondary N) is 2. The topological polar surface area (TPSA) is 86.7 Å². The molecular formula is C15H24N4O3. The van der Waals surface area contributed by atoms with Gasteiger partial charge in [-0.3, -0.25) is 0 Å². The summed E-state index contributed by atoms with van der Waals surface area (Å²) in [6.07, 6.45) is 2.20. The minimum atomic E-state index is -0.893. The molecule has 0 aliphatic carbocycles. The molecule has 1 aromatic heterocycles. The molecule has 0 spiro atoms. The highest BCUT2D eigenvalue weighted by molar-refractivity contribution is 5.89. The molecule has 0 radical (unpaired) electrons. The molecule has 7 heteroatoms. The van der Waals surface area contributed by atoms with Crippen LogP contribution in [-0.4, -0.2) is 54.6 Å². The molecule has 1 aliphatic rings. The number of nitrogens with zero attached hydrogens (tertiary/aromatic N) is 2. The van der Waals surface area contributed by atoms with Crippen LogP contribution in [0.25, 0.3) is 0 Å². The van der Waals surface area contributed by atoms with Crippen LogP contribution in [0.3, 0.4) is 0 Å². The maximum Gasteiger partial charge on any atom is 0.319 e. The molecule has 1 saturated heterocycles. The molecule has 1 atom stereocenters. The zero-order valence-corrected chi connectivity index (χ0v) is 13.1. The van der Waals surface area contributed by atoms with E-state index >= 15 is 0 Å². The van der Waals surface area contributed by atoms with E-state index in [2.05, 4.69) is 20.5 Å². The first-order valence-electron chi connectivity index (χ1n) is 7.56. The third-order valence-corrected chi connectivity index (χ3v) is 3.73. The predicted molar refractivity (Wildman–Crippen MR) is 85.2 cm³/mol. The first kappa shape index (κ1) is 16.5. The first-order valence-corrected chi connectivity index (χ1v) is 7.56. The Balaban J connectivity index is 1.84. The number of carbonyl (C=O) groups is 1. The summed E-state index contributed by atoms with van der Waals surface area (Å²) in [7, 11) is 0. The number of amides is 2. The van der Waals surface area contributed by atoms with Crippen LogP contribution in [0.2, 0.25) is 0 Å². The van der Waals surface area contributed by atoms with Crippen molar-refractivity contribution in [2.45, 2.75) is 25.9 Å². The second-order valence-corrected chi connectivity index (χ2v) is 5.66. The van der Waals surface area contributed by atoms with E-state index in [4.69, 9.17) is 4.74 Å². The van der Waals surface area contributed by atoms with Gasteiger partial charge in [-0.15, -0.1) is 0 Å². The monoisotopic (exact) mass is 308 g/mol. The van der Waals surface area contributed by atoms with Gasteiger partial charge in [0.15, 0.2) is 0 Å². The molecule has 1 aromatic rings. The normalized spacial score (nSPS) is 17.7. The third kappa shape index (κ3) is 4.85. The van der Waals surface area contributed by atoms with Crippen molar-refractivity contribution in [1.82, 2.24) is 10.3 Å². The van der Waals surface area contributed by atoms with Crippen LogP contribution in [0.4, 0.5) is 16.3 Å². The summed E-state index contributed by atoms with van der Waals surface area (Å²) in [5.41, 5.74) is -0.277. The Morgan fingerprint density at radius 2 is 2.18 bits per heavy atom. The highest BCUT2D eigenvalue weighted by Gasteiger charge is 2.18. The number of rotatable bonds is 5. The van der Waals surface area contributed by atoms with Crippen LogP contribution in [0.5, 0.6) is 0 Å². The number of aromatic nitrogens is 1. The van der Waals surface area contributed by atoms with Gasteiger partial charge in [-0.25, -0.2) is 9.78 Å². The van der Waals surface area contributed by atoms with Crippen LogP contribution >= 0.6 is 0 Å².